The zero-order valence-electron chi connectivity index (χ0n) is 8.73. The van der Waals surface area contributed by atoms with Crippen molar-refractivity contribution in [2.45, 2.75) is 33.1 Å². The smallest absolute Gasteiger partial charge is 0.123 e. The maximum absolute atomic E-state index is 12.9. The molecule has 0 aromatic heterocycles. The van der Waals surface area contributed by atoms with Crippen molar-refractivity contribution < 1.29 is 4.39 Å². The molecular formula is C13H15F. The zero-order valence-corrected chi connectivity index (χ0v) is 8.73. The monoisotopic (exact) mass is 190 g/mol. The lowest BCUT2D eigenvalue weighted by molar-refractivity contribution is 0.626. The minimum atomic E-state index is -0.137. The lowest BCUT2D eigenvalue weighted by Crippen LogP contribution is -1.89. The molecule has 0 atom stereocenters. The highest BCUT2D eigenvalue weighted by Crippen LogP contribution is 2.34. The molecule has 1 heteroatoms. The SMILES string of the molecule is CC1=C(c2ccc(F)cc2C)CCC1. The van der Waals surface area contributed by atoms with Gasteiger partial charge in [0.2, 0.25) is 0 Å². The van der Waals surface area contributed by atoms with Gasteiger partial charge in [0.1, 0.15) is 5.82 Å². The van der Waals surface area contributed by atoms with Crippen LogP contribution in [0.15, 0.2) is 23.8 Å². The first-order chi connectivity index (χ1) is 6.68. The molecule has 14 heavy (non-hydrogen) atoms. The molecule has 0 N–H and O–H groups in total. The van der Waals surface area contributed by atoms with Crippen LogP contribution in [0.3, 0.4) is 0 Å². The summed E-state index contributed by atoms with van der Waals surface area (Å²) in [5.74, 6) is -0.137. The number of hydrogen-bond acceptors (Lipinski definition) is 0. The quantitative estimate of drug-likeness (QED) is 0.625. The second-order valence-electron chi connectivity index (χ2n) is 4.07. The number of allylic oxidation sites excluding steroid dienone is 2. The van der Waals surface area contributed by atoms with E-state index in [1.807, 2.05) is 13.0 Å². The average Bonchev–Trinajstić information content (AvgIpc) is 2.52. The molecular weight excluding hydrogens is 175 g/mol. The van der Waals surface area contributed by atoms with E-state index in [4.69, 9.17) is 0 Å². The van der Waals surface area contributed by atoms with Gasteiger partial charge in [-0.05, 0) is 61.9 Å². The van der Waals surface area contributed by atoms with Crippen molar-refractivity contribution in [1.29, 1.82) is 0 Å². The Labute approximate surface area is 84.5 Å². The number of halogens is 1. The average molecular weight is 190 g/mol. The minimum absolute atomic E-state index is 0.137. The van der Waals surface area contributed by atoms with Crippen molar-refractivity contribution in [3.63, 3.8) is 0 Å². The van der Waals surface area contributed by atoms with Gasteiger partial charge in [-0.2, -0.15) is 0 Å². The number of rotatable bonds is 1. The van der Waals surface area contributed by atoms with Gasteiger partial charge >= 0.3 is 0 Å². The van der Waals surface area contributed by atoms with E-state index in [1.54, 1.807) is 12.1 Å². The fourth-order valence-corrected chi connectivity index (χ4v) is 2.22. The van der Waals surface area contributed by atoms with Gasteiger partial charge in [0.05, 0.1) is 0 Å². The first kappa shape index (κ1) is 9.45. The maximum Gasteiger partial charge on any atom is 0.123 e. The van der Waals surface area contributed by atoms with Crippen molar-refractivity contribution in [3.05, 3.63) is 40.7 Å². The summed E-state index contributed by atoms with van der Waals surface area (Å²) in [6, 6.07) is 5.09. The van der Waals surface area contributed by atoms with E-state index in [0.29, 0.717) is 0 Å². The van der Waals surface area contributed by atoms with Crippen molar-refractivity contribution in [1.82, 2.24) is 0 Å². The van der Waals surface area contributed by atoms with Crippen LogP contribution < -0.4 is 0 Å². The standard InChI is InChI=1S/C13H15F/c1-9-4-3-5-12(9)13-7-6-11(14)8-10(13)2/h6-8H,3-5H2,1-2H3. The Morgan fingerprint density at radius 1 is 1.14 bits per heavy atom. The molecule has 1 aromatic carbocycles. The van der Waals surface area contributed by atoms with Gasteiger partial charge in [-0.3, -0.25) is 0 Å². The Hall–Kier alpha value is -1.11. The molecule has 0 saturated heterocycles. The van der Waals surface area contributed by atoms with Crippen LogP contribution in [0.25, 0.3) is 5.57 Å². The van der Waals surface area contributed by atoms with Crippen LogP contribution in [0.1, 0.15) is 37.3 Å². The molecule has 0 unspecified atom stereocenters. The van der Waals surface area contributed by atoms with E-state index in [9.17, 15) is 4.39 Å². The summed E-state index contributed by atoms with van der Waals surface area (Å²) in [6.45, 7) is 4.17. The van der Waals surface area contributed by atoms with Gasteiger partial charge in [0.15, 0.2) is 0 Å². The van der Waals surface area contributed by atoms with Crippen LogP contribution in [0.5, 0.6) is 0 Å². The minimum Gasteiger partial charge on any atom is -0.207 e. The number of aryl methyl sites for hydroxylation is 1. The Balaban J connectivity index is 2.46. The number of hydrogen-bond donors (Lipinski definition) is 0. The van der Waals surface area contributed by atoms with Gasteiger partial charge in [-0.25, -0.2) is 4.39 Å². The van der Waals surface area contributed by atoms with Crippen molar-refractivity contribution in [2.75, 3.05) is 0 Å². The van der Waals surface area contributed by atoms with Gasteiger partial charge in [-0.1, -0.05) is 11.6 Å². The third kappa shape index (κ3) is 1.59. The molecule has 0 saturated carbocycles. The molecule has 74 valence electrons. The first-order valence-electron chi connectivity index (χ1n) is 5.13. The molecule has 1 aromatic rings. The lowest BCUT2D eigenvalue weighted by atomic mass is 9.98. The van der Waals surface area contributed by atoms with Gasteiger partial charge in [0.25, 0.3) is 0 Å². The van der Waals surface area contributed by atoms with Crippen molar-refractivity contribution in [3.8, 4) is 0 Å². The van der Waals surface area contributed by atoms with Crippen LogP contribution in [-0.2, 0) is 0 Å². The van der Waals surface area contributed by atoms with E-state index in [1.165, 1.54) is 29.6 Å². The van der Waals surface area contributed by atoms with Crippen LogP contribution in [0.2, 0.25) is 0 Å². The van der Waals surface area contributed by atoms with E-state index in [0.717, 1.165) is 12.0 Å². The van der Waals surface area contributed by atoms with E-state index < -0.39 is 0 Å². The summed E-state index contributed by atoms with van der Waals surface area (Å²) in [4.78, 5) is 0. The summed E-state index contributed by atoms with van der Waals surface area (Å²) in [5.41, 5.74) is 5.20. The Bertz CT molecular complexity index is 388. The van der Waals surface area contributed by atoms with E-state index >= 15 is 0 Å². The largest absolute Gasteiger partial charge is 0.207 e. The highest BCUT2D eigenvalue weighted by molar-refractivity contribution is 5.72. The lowest BCUT2D eigenvalue weighted by Gasteiger charge is -2.08. The molecule has 0 nitrogen and oxygen atoms in total. The third-order valence-electron chi connectivity index (χ3n) is 3.01. The van der Waals surface area contributed by atoms with Crippen LogP contribution in [-0.4, -0.2) is 0 Å². The summed E-state index contributed by atoms with van der Waals surface area (Å²) in [5, 5.41) is 0. The molecule has 1 aliphatic carbocycles. The van der Waals surface area contributed by atoms with Gasteiger partial charge in [0, 0.05) is 0 Å². The van der Waals surface area contributed by atoms with Crippen molar-refractivity contribution in [2.24, 2.45) is 0 Å². The summed E-state index contributed by atoms with van der Waals surface area (Å²) in [7, 11) is 0. The van der Waals surface area contributed by atoms with Gasteiger partial charge < -0.3 is 0 Å². The second-order valence-corrected chi connectivity index (χ2v) is 4.07. The van der Waals surface area contributed by atoms with E-state index in [-0.39, 0.29) is 5.82 Å². The molecule has 0 bridgehead atoms. The normalized spacial score (nSPS) is 16.5. The highest BCUT2D eigenvalue weighted by atomic mass is 19.1. The number of benzene rings is 1. The van der Waals surface area contributed by atoms with Crippen LogP contribution >= 0.6 is 0 Å². The zero-order chi connectivity index (χ0) is 10.1. The molecule has 0 fully saturated rings. The molecule has 1 aliphatic rings. The Morgan fingerprint density at radius 2 is 1.93 bits per heavy atom. The molecule has 0 amide bonds. The fourth-order valence-electron chi connectivity index (χ4n) is 2.22. The molecule has 0 radical (unpaired) electrons. The van der Waals surface area contributed by atoms with Gasteiger partial charge in [-0.15, -0.1) is 0 Å². The topological polar surface area (TPSA) is 0 Å². The summed E-state index contributed by atoms with van der Waals surface area (Å²) in [6.07, 6.45) is 3.60. The Kier molecular flexibility index (Phi) is 2.40. The second kappa shape index (κ2) is 3.56. The predicted octanol–water partition coefficient (Wildman–Crippen LogP) is 4.09. The molecule has 0 spiro atoms. The highest BCUT2D eigenvalue weighted by Gasteiger charge is 2.14. The summed E-state index contributed by atoms with van der Waals surface area (Å²) >= 11 is 0. The molecule has 0 heterocycles. The summed E-state index contributed by atoms with van der Waals surface area (Å²) < 4.78 is 12.9. The molecule has 0 aliphatic heterocycles. The molecule has 2 rings (SSSR count). The van der Waals surface area contributed by atoms with E-state index in [2.05, 4.69) is 6.92 Å². The first-order valence-corrected chi connectivity index (χ1v) is 5.13. The van der Waals surface area contributed by atoms with Crippen LogP contribution in [0.4, 0.5) is 4.39 Å². The predicted molar refractivity (Wildman–Crippen MR) is 57.6 cm³/mol. The van der Waals surface area contributed by atoms with Crippen molar-refractivity contribution >= 4 is 5.57 Å². The van der Waals surface area contributed by atoms with Crippen LogP contribution in [0, 0.1) is 12.7 Å². The maximum atomic E-state index is 12.9. The fraction of sp³-hybridized carbons (Fsp3) is 0.385. The third-order valence-corrected chi connectivity index (χ3v) is 3.01. The Morgan fingerprint density at radius 3 is 2.50 bits per heavy atom.